The topological polar surface area (TPSA) is 102 Å². The molecule has 0 aliphatic carbocycles. The minimum atomic E-state index is -0.584. The van der Waals surface area contributed by atoms with Crippen molar-refractivity contribution < 1.29 is 19.1 Å². The molecule has 3 amide bonds. The van der Waals surface area contributed by atoms with Crippen molar-refractivity contribution in [2.24, 2.45) is 11.7 Å². The van der Waals surface area contributed by atoms with Gasteiger partial charge in [0, 0.05) is 45.5 Å². The van der Waals surface area contributed by atoms with Crippen LogP contribution in [0.25, 0.3) is 0 Å². The number of imide groups is 1. The largest absolute Gasteiger partial charge is 0.383 e. The van der Waals surface area contributed by atoms with Gasteiger partial charge in [0.1, 0.15) is 0 Å². The van der Waals surface area contributed by atoms with Gasteiger partial charge in [0.15, 0.2) is 0 Å². The Morgan fingerprint density at radius 1 is 1.19 bits per heavy atom. The van der Waals surface area contributed by atoms with Crippen LogP contribution in [0.3, 0.4) is 0 Å². The van der Waals surface area contributed by atoms with E-state index >= 15 is 0 Å². The number of likely N-dealkylation sites (N-methyl/N-ethyl adjacent to an activating group) is 1. The lowest BCUT2D eigenvalue weighted by atomic mass is 9.94. The lowest BCUT2D eigenvalue weighted by molar-refractivity contribution is -0.138. The molecule has 0 heterocycles. The number of hydrogen-bond donors (Lipinski definition) is 2. The van der Waals surface area contributed by atoms with Crippen molar-refractivity contribution in [2.45, 2.75) is 38.6 Å². The molecule has 1 aromatic rings. The quantitative estimate of drug-likeness (QED) is 0.601. The van der Waals surface area contributed by atoms with Gasteiger partial charge in [0.05, 0.1) is 6.61 Å². The molecule has 0 radical (unpaired) electrons. The third kappa shape index (κ3) is 9.30. The summed E-state index contributed by atoms with van der Waals surface area (Å²) in [7, 11) is 3.24. The molecule has 0 spiro atoms. The van der Waals surface area contributed by atoms with Crippen LogP contribution in [0.15, 0.2) is 30.3 Å². The van der Waals surface area contributed by atoms with Crippen LogP contribution in [0.2, 0.25) is 0 Å². The van der Waals surface area contributed by atoms with Crippen LogP contribution in [-0.2, 0) is 25.5 Å². The highest BCUT2D eigenvalue weighted by Crippen LogP contribution is 2.15. The number of rotatable bonds is 11. The van der Waals surface area contributed by atoms with E-state index in [9.17, 15) is 14.4 Å². The number of carbonyl (C=O) groups excluding carboxylic acids is 3. The van der Waals surface area contributed by atoms with Crippen LogP contribution in [0.5, 0.6) is 0 Å². The zero-order chi connectivity index (χ0) is 20.2. The Hall–Kier alpha value is -2.25. The van der Waals surface area contributed by atoms with Gasteiger partial charge in [-0.25, -0.2) is 0 Å². The third-order valence-corrected chi connectivity index (χ3v) is 4.24. The first kappa shape index (κ1) is 22.8. The number of hydrogen-bond acceptors (Lipinski definition) is 5. The Morgan fingerprint density at radius 3 is 2.44 bits per heavy atom. The third-order valence-electron chi connectivity index (χ3n) is 4.24. The summed E-state index contributed by atoms with van der Waals surface area (Å²) in [5.74, 6) is -1.58. The first-order chi connectivity index (χ1) is 12.8. The molecule has 1 rings (SSSR count). The highest BCUT2D eigenvalue weighted by Gasteiger charge is 2.25. The van der Waals surface area contributed by atoms with Gasteiger partial charge in [-0.1, -0.05) is 30.3 Å². The van der Waals surface area contributed by atoms with Crippen molar-refractivity contribution in [2.75, 3.05) is 27.3 Å². The Labute approximate surface area is 161 Å². The van der Waals surface area contributed by atoms with Gasteiger partial charge in [0.2, 0.25) is 17.7 Å². The number of methoxy groups -OCH3 is 1. The van der Waals surface area contributed by atoms with Crippen molar-refractivity contribution in [1.29, 1.82) is 0 Å². The van der Waals surface area contributed by atoms with E-state index < -0.39 is 17.7 Å². The van der Waals surface area contributed by atoms with Gasteiger partial charge in [-0.2, -0.15) is 0 Å². The smallest absolute Gasteiger partial charge is 0.230 e. The highest BCUT2D eigenvalue weighted by atomic mass is 16.5. The molecule has 0 unspecified atom stereocenters. The lowest BCUT2D eigenvalue weighted by Gasteiger charge is -2.21. The van der Waals surface area contributed by atoms with Gasteiger partial charge in [-0.05, 0) is 25.3 Å². The second-order valence-corrected chi connectivity index (χ2v) is 6.83. The van der Waals surface area contributed by atoms with Crippen LogP contribution in [0, 0.1) is 5.92 Å². The van der Waals surface area contributed by atoms with E-state index in [4.69, 9.17) is 10.5 Å². The van der Waals surface area contributed by atoms with Crippen molar-refractivity contribution >= 4 is 17.7 Å². The molecular formula is C20H31N3O4. The van der Waals surface area contributed by atoms with Gasteiger partial charge in [-0.15, -0.1) is 0 Å². The summed E-state index contributed by atoms with van der Waals surface area (Å²) in [4.78, 5) is 38.4. The molecule has 3 N–H and O–H groups in total. The number of benzene rings is 1. The van der Waals surface area contributed by atoms with Crippen LogP contribution in [0.4, 0.5) is 0 Å². The average Bonchev–Trinajstić information content (AvgIpc) is 2.62. The Morgan fingerprint density at radius 2 is 1.85 bits per heavy atom. The summed E-state index contributed by atoms with van der Waals surface area (Å²) in [5, 5.41) is 2.38. The maximum atomic E-state index is 12.6. The molecular weight excluding hydrogens is 346 g/mol. The van der Waals surface area contributed by atoms with Crippen molar-refractivity contribution in [3.8, 4) is 0 Å². The van der Waals surface area contributed by atoms with E-state index in [1.165, 1.54) is 4.90 Å². The van der Waals surface area contributed by atoms with E-state index in [1.807, 2.05) is 30.3 Å². The summed E-state index contributed by atoms with van der Waals surface area (Å²) in [6, 6.07) is 9.41. The Bertz CT molecular complexity index is 605. The van der Waals surface area contributed by atoms with Crippen LogP contribution in [-0.4, -0.2) is 56.0 Å². The fourth-order valence-corrected chi connectivity index (χ4v) is 2.61. The van der Waals surface area contributed by atoms with Crippen molar-refractivity contribution in [3.05, 3.63) is 35.9 Å². The van der Waals surface area contributed by atoms with Crippen LogP contribution in [0.1, 0.15) is 31.7 Å². The zero-order valence-electron chi connectivity index (χ0n) is 16.4. The second kappa shape index (κ2) is 12.2. The van der Waals surface area contributed by atoms with Gasteiger partial charge in [0.25, 0.3) is 0 Å². The Balaban J connectivity index is 2.73. The normalized spacial score (nSPS) is 12.9. The molecule has 0 aliphatic heterocycles. The molecule has 0 aromatic heterocycles. The number of ether oxygens (including phenoxy) is 1. The highest BCUT2D eigenvalue weighted by molar-refractivity contribution is 5.97. The number of nitrogens with one attached hydrogen (secondary N) is 1. The summed E-state index contributed by atoms with van der Waals surface area (Å²) < 4.78 is 4.98. The number of nitrogens with zero attached hydrogens (tertiary/aromatic N) is 1. The van der Waals surface area contributed by atoms with Gasteiger partial charge < -0.3 is 15.4 Å². The van der Waals surface area contributed by atoms with Crippen LogP contribution >= 0.6 is 0 Å². The fraction of sp³-hybridized carbons (Fsp3) is 0.550. The molecule has 2 atom stereocenters. The van der Waals surface area contributed by atoms with E-state index in [0.29, 0.717) is 26.0 Å². The summed E-state index contributed by atoms with van der Waals surface area (Å²) >= 11 is 0. The molecule has 1 aromatic carbocycles. The molecule has 0 saturated heterocycles. The molecule has 7 nitrogen and oxygen atoms in total. The number of aryl methyl sites for hydroxylation is 1. The minimum absolute atomic E-state index is 0.0460. The summed E-state index contributed by atoms with van der Waals surface area (Å²) in [5.41, 5.74) is 6.68. The van der Waals surface area contributed by atoms with E-state index in [1.54, 1.807) is 21.1 Å². The number of carbonyl (C=O) groups is 3. The zero-order valence-corrected chi connectivity index (χ0v) is 16.4. The van der Waals surface area contributed by atoms with E-state index in [-0.39, 0.29) is 24.8 Å². The van der Waals surface area contributed by atoms with Gasteiger partial charge in [-0.3, -0.25) is 19.7 Å². The fourth-order valence-electron chi connectivity index (χ4n) is 2.61. The van der Waals surface area contributed by atoms with Crippen LogP contribution < -0.4 is 11.1 Å². The lowest BCUT2D eigenvalue weighted by Crippen LogP contribution is -2.40. The molecule has 7 heteroatoms. The summed E-state index contributed by atoms with van der Waals surface area (Å²) in [6.07, 6.45) is 1.24. The van der Waals surface area contributed by atoms with E-state index in [0.717, 1.165) is 5.56 Å². The number of amides is 3. The standard InChI is InChI=1S/C20H31N3O4/c1-15(21)13-18(24)22-20(26)17(10-9-16-7-5-4-6-8-16)14-19(25)23(2)11-12-27-3/h4-8,15,17H,9-14,21H2,1-3H3,(H,22,24,26)/t15-,17-/m1/s1. The number of nitrogens with two attached hydrogens (primary N) is 1. The maximum Gasteiger partial charge on any atom is 0.230 e. The molecule has 150 valence electrons. The van der Waals surface area contributed by atoms with Gasteiger partial charge >= 0.3 is 0 Å². The first-order valence-corrected chi connectivity index (χ1v) is 9.19. The molecule has 27 heavy (non-hydrogen) atoms. The molecule has 0 aliphatic rings. The van der Waals surface area contributed by atoms with Crippen molar-refractivity contribution in [3.63, 3.8) is 0 Å². The maximum absolute atomic E-state index is 12.6. The molecule has 0 bridgehead atoms. The second-order valence-electron chi connectivity index (χ2n) is 6.83. The molecule has 0 saturated carbocycles. The van der Waals surface area contributed by atoms with Crippen molar-refractivity contribution in [1.82, 2.24) is 10.2 Å². The SMILES string of the molecule is COCCN(C)C(=O)C[C@@H](CCc1ccccc1)C(=O)NC(=O)C[C@@H](C)N. The monoisotopic (exact) mass is 377 g/mol. The average molecular weight is 377 g/mol. The minimum Gasteiger partial charge on any atom is -0.383 e. The predicted octanol–water partition coefficient (Wildman–Crippen LogP) is 1.11. The Kier molecular flexibility index (Phi) is 10.3. The van der Waals surface area contributed by atoms with E-state index in [2.05, 4.69) is 5.32 Å². The summed E-state index contributed by atoms with van der Waals surface area (Å²) in [6.45, 7) is 2.58. The first-order valence-electron chi connectivity index (χ1n) is 9.19. The molecule has 0 fully saturated rings. The predicted molar refractivity (Wildman–Crippen MR) is 104 cm³/mol.